The van der Waals surface area contributed by atoms with Gasteiger partial charge in [0, 0.05) is 18.0 Å². The van der Waals surface area contributed by atoms with Crippen LogP contribution in [0, 0.1) is 0 Å². The van der Waals surface area contributed by atoms with Crippen LogP contribution in [0.25, 0.3) is 28.6 Å². The molecular weight excluding hydrogens is 318 g/mol. The van der Waals surface area contributed by atoms with Crippen LogP contribution in [-0.4, -0.2) is 39.6 Å². The van der Waals surface area contributed by atoms with Crippen LogP contribution in [0.3, 0.4) is 0 Å². The molecule has 4 heterocycles. The van der Waals surface area contributed by atoms with Crippen LogP contribution in [-0.2, 0) is 5.60 Å². The average molecular weight is 333 g/mol. The Bertz CT molecular complexity index is 1040. The fourth-order valence-corrected chi connectivity index (χ4v) is 2.46. The first kappa shape index (κ1) is 15.3. The van der Waals surface area contributed by atoms with Crippen LogP contribution in [0.1, 0.15) is 19.5 Å². The fraction of sp³-hybridized carbons (Fsp3) is 0.176. The molecule has 0 aliphatic heterocycles. The van der Waals surface area contributed by atoms with Crippen LogP contribution in [0.5, 0.6) is 0 Å². The van der Waals surface area contributed by atoms with Crippen molar-refractivity contribution < 1.29 is 5.11 Å². The first-order valence-electron chi connectivity index (χ1n) is 7.70. The molecule has 0 amide bonds. The Labute approximate surface area is 143 Å². The van der Waals surface area contributed by atoms with Crippen molar-refractivity contribution in [3.8, 4) is 22.8 Å². The molecule has 25 heavy (non-hydrogen) atoms. The van der Waals surface area contributed by atoms with Crippen molar-refractivity contribution in [1.82, 2.24) is 34.5 Å². The van der Waals surface area contributed by atoms with Gasteiger partial charge in [-0.05, 0) is 32.0 Å². The molecular formula is C17H15N7O. The Kier molecular flexibility index (Phi) is 3.47. The van der Waals surface area contributed by atoms with Gasteiger partial charge < -0.3 is 5.11 Å². The minimum Gasteiger partial charge on any atom is -0.384 e. The molecule has 1 N–H and O–H groups in total. The Balaban J connectivity index is 1.80. The second kappa shape index (κ2) is 5.67. The summed E-state index contributed by atoms with van der Waals surface area (Å²) in [4.78, 5) is 17.6. The molecule has 0 radical (unpaired) electrons. The summed E-state index contributed by atoms with van der Waals surface area (Å²) < 4.78 is 1.83. The van der Waals surface area contributed by atoms with Gasteiger partial charge in [-0.2, -0.15) is 10.2 Å². The van der Waals surface area contributed by atoms with Crippen LogP contribution in [0.2, 0.25) is 0 Å². The van der Waals surface area contributed by atoms with Crippen molar-refractivity contribution in [3.63, 3.8) is 0 Å². The molecule has 4 rings (SSSR count). The van der Waals surface area contributed by atoms with Crippen LogP contribution < -0.4 is 0 Å². The molecule has 8 heteroatoms. The van der Waals surface area contributed by atoms with Gasteiger partial charge in [-0.15, -0.1) is 0 Å². The van der Waals surface area contributed by atoms with Gasteiger partial charge in [0.15, 0.2) is 5.82 Å². The van der Waals surface area contributed by atoms with Crippen molar-refractivity contribution in [3.05, 3.63) is 54.9 Å². The zero-order chi connectivity index (χ0) is 17.4. The van der Waals surface area contributed by atoms with Crippen LogP contribution >= 0.6 is 0 Å². The summed E-state index contributed by atoms with van der Waals surface area (Å²) in [6, 6.07) is 5.39. The van der Waals surface area contributed by atoms with Gasteiger partial charge in [-0.3, -0.25) is 4.40 Å². The van der Waals surface area contributed by atoms with E-state index in [0.29, 0.717) is 23.0 Å². The Morgan fingerprint density at radius 1 is 0.960 bits per heavy atom. The Morgan fingerprint density at radius 3 is 2.60 bits per heavy atom. The second-order valence-electron chi connectivity index (χ2n) is 6.08. The van der Waals surface area contributed by atoms with Gasteiger partial charge >= 0.3 is 0 Å². The molecule has 124 valence electrons. The van der Waals surface area contributed by atoms with Crippen molar-refractivity contribution in [1.29, 1.82) is 0 Å². The lowest BCUT2D eigenvalue weighted by atomic mass is 10.1. The minimum atomic E-state index is -1.02. The van der Waals surface area contributed by atoms with Crippen molar-refractivity contribution in [2.24, 2.45) is 0 Å². The zero-order valence-electron chi connectivity index (χ0n) is 13.7. The molecule has 0 unspecified atom stereocenters. The minimum absolute atomic E-state index is 0.500. The topological polar surface area (TPSA) is 102 Å². The summed E-state index contributed by atoms with van der Waals surface area (Å²) in [7, 11) is 0. The highest BCUT2D eigenvalue weighted by atomic mass is 16.3. The Hall–Kier alpha value is -3.26. The highest BCUT2D eigenvalue weighted by molar-refractivity contribution is 5.62. The van der Waals surface area contributed by atoms with E-state index < -0.39 is 5.60 Å². The number of aromatic nitrogens is 7. The molecule has 0 aliphatic rings. The monoisotopic (exact) mass is 333 g/mol. The maximum Gasteiger partial charge on any atom is 0.234 e. The summed E-state index contributed by atoms with van der Waals surface area (Å²) in [5.41, 5.74) is 1.82. The lowest BCUT2D eigenvalue weighted by Gasteiger charge is -2.16. The molecule has 0 fully saturated rings. The summed E-state index contributed by atoms with van der Waals surface area (Å²) in [6.07, 6.45) is 8.43. The zero-order valence-corrected chi connectivity index (χ0v) is 13.7. The van der Waals surface area contributed by atoms with E-state index in [1.807, 2.05) is 16.7 Å². The molecule has 0 saturated carbocycles. The van der Waals surface area contributed by atoms with Crippen molar-refractivity contribution in [2.75, 3.05) is 0 Å². The summed E-state index contributed by atoms with van der Waals surface area (Å²) in [5, 5.41) is 17.7. The standard InChI is InChI=1S/C17H15N7O/c1-17(2,25)14-5-8-24-13(10-19-16(24)23-14)12-4-6-18-15(22-12)11-3-7-20-21-9-11/h3-10,25H,1-2H3. The van der Waals surface area contributed by atoms with Gasteiger partial charge in [0.25, 0.3) is 0 Å². The SMILES string of the molecule is CC(C)(O)c1ccn2c(-c3ccnc(-c4ccnnc4)n3)cnc2n1. The van der Waals surface area contributed by atoms with Gasteiger partial charge in [0.05, 0.1) is 35.7 Å². The van der Waals surface area contributed by atoms with E-state index in [4.69, 9.17) is 0 Å². The molecule has 4 aromatic rings. The van der Waals surface area contributed by atoms with E-state index >= 15 is 0 Å². The maximum atomic E-state index is 10.1. The Morgan fingerprint density at radius 2 is 1.84 bits per heavy atom. The molecule has 0 aliphatic carbocycles. The van der Waals surface area contributed by atoms with Gasteiger partial charge in [-0.25, -0.2) is 19.9 Å². The normalized spacial score (nSPS) is 11.8. The van der Waals surface area contributed by atoms with E-state index in [9.17, 15) is 5.11 Å². The molecule has 4 aromatic heterocycles. The van der Waals surface area contributed by atoms with Crippen molar-refractivity contribution in [2.45, 2.75) is 19.4 Å². The number of rotatable bonds is 3. The van der Waals surface area contributed by atoms with Crippen molar-refractivity contribution >= 4 is 5.78 Å². The van der Waals surface area contributed by atoms with E-state index in [1.165, 1.54) is 0 Å². The van der Waals surface area contributed by atoms with E-state index in [0.717, 1.165) is 11.3 Å². The quantitative estimate of drug-likeness (QED) is 0.610. The molecule has 0 aromatic carbocycles. The lowest BCUT2D eigenvalue weighted by molar-refractivity contribution is 0.0739. The third-order valence-electron chi connectivity index (χ3n) is 3.77. The van der Waals surface area contributed by atoms with Gasteiger partial charge in [-0.1, -0.05) is 0 Å². The van der Waals surface area contributed by atoms with E-state index in [1.54, 1.807) is 50.8 Å². The van der Waals surface area contributed by atoms with Gasteiger partial charge in [0.2, 0.25) is 5.78 Å². The maximum absolute atomic E-state index is 10.1. The smallest absolute Gasteiger partial charge is 0.234 e. The molecule has 8 nitrogen and oxygen atoms in total. The predicted octanol–water partition coefficient (Wildman–Crippen LogP) is 1.87. The highest BCUT2D eigenvalue weighted by Crippen LogP contribution is 2.23. The highest BCUT2D eigenvalue weighted by Gasteiger charge is 2.19. The molecule has 0 spiro atoms. The molecule has 0 atom stereocenters. The number of imidazole rings is 1. The molecule has 0 saturated heterocycles. The summed E-state index contributed by atoms with van der Waals surface area (Å²) in [6.45, 7) is 3.38. The fourth-order valence-electron chi connectivity index (χ4n) is 2.46. The van der Waals surface area contributed by atoms with E-state index in [-0.39, 0.29) is 0 Å². The van der Waals surface area contributed by atoms with E-state index in [2.05, 4.69) is 30.1 Å². The number of fused-ring (bicyclic) bond motifs is 1. The molecule has 0 bridgehead atoms. The third kappa shape index (κ3) is 2.83. The third-order valence-corrected chi connectivity index (χ3v) is 3.77. The summed E-state index contributed by atoms with van der Waals surface area (Å²) >= 11 is 0. The van der Waals surface area contributed by atoms with Crippen LogP contribution in [0.4, 0.5) is 0 Å². The van der Waals surface area contributed by atoms with Crippen LogP contribution in [0.15, 0.2) is 49.2 Å². The predicted molar refractivity (Wildman–Crippen MR) is 90.3 cm³/mol. The summed E-state index contributed by atoms with van der Waals surface area (Å²) in [5.74, 6) is 1.06. The first-order chi connectivity index (χ1) is 12.0. The number of hydrogen-bond acceptors (Lipinski definition) is 7. The number of hydrogen-bond donors (Lipinski definition) is 1. The van der Waals surface area contributed by atoms with Gasteiger partial charge in [0.1, 0.15) is 5.60 Å². The second-order valence-corrected chi connectivity index (χ2v) is 6.08. The first-order valence-corrected chi connectivity index (χ1v) is 7.70. The number of aliphatic hydroxyl groups is 1. The lowest BCUT2D eigenvalue weighted by Crippen LogP contribution is -2.18. The largest absolute Gasteiger partial charge is 0.384 e. The number of nitrogens with zero attached hydrogens (tertiary/aromatic N) is 7. The average Bonchev–Trinajstić information content (AvgIpc) is 3.05.